The van der Waals surface area contributed by atoms with E-state index in [1.807, 2.05) is 19.2 Å². The second-order valence-electron chi connectivity index (χ2n) is 6.88. The maximum atomic E-state index is 13.4. The van der Waals surface area contributed by atoms with Crippen LogP contribution in [0.15, 0.2) is 82.6 Å². The summed E-state index contributed by atoms with van der Waals surface area (Å²) in [4.78, 5) is 24.3. The normalized spacial score (nSPS) is 11.1. The molecule has 3 aromatic rings. The van der Waals surface area contributed by atoms with Crippen LogP contribution in [0.1, 0.15) is 5.56 Å². The largest absolute Gasteiger partial charge is 0.324 e. The number of sulfonamides is 1. The Balaban J connectivity index is 1.98. The van der Waals surface area contributed by atoms with Crippen molar-refractivity contribution in [2.24, 2.45) is 0 Å². The number of aryl methyl sites for hydroxylation is 1. The average molecular weight is 472 g/mol. The van der Waals surface area contributed by atoms with E-state index in [1.165, 1.54) is 42.1 Å². The van der Waals surface area contributed by atoms with E-state index in [2.05, 4.69) is 5.32 Å². The van der Waals surface area contributed by atoms with Crippen LogP contribution in [0.3, 0.4) is 0 Å². The molecule has 3 rings (SSSR count). The molecule has 1 amide bonds. The van der Waals surface area contributed by atoms with Crippen LogP contribution in [-0.4, -0.2) is 32.0 Å². The van der Waals surface area contributed by atoms with Gasteiger partial charge < -0.3 is 5.32 Å². The smallest absolute Gasteiger partial charge is 0.271 e. The second-order valence-corrected chi connectivity index (χ2v) is 9.62. The molecule has 8 nitrogen and oxygen atoms in total. The number of nitrogens with zero attached hydrogens (tertiary/aromatic N) is 2. The number of nitrogens with one attached hydrogen (secondary N) is 1. The molecule has 1 N–H and O–H groups in total. The predicted octanol–water partition coefficient (Wildman–Crippen LogP) is 4.46. The van der Waals surface area contributed by atoms with Crippen molar-refractivity contribution in [1.82, 2.24) is 0 Å². The van der Waals surface area contributed by atoms with Gasteiger partial charge in [-0.3, -0.25) is 19.2 Å². The molecule has 0 aliphatic heterocycles. The third-order valence-corrected chi connectivity index (χ3v) is 7.09. The number of carbonyl (C=O) groups is 1. The fraction of sp³-hybridized carbons (Fsp3) is 0.136. The van der Waals surface area contributed by atoms with Gasteiger partial charge in [-0.2, -0.15) is 0 Å². The lowest BCUT2D eigenvalue weighted by atomic mass is 10.2. The molecular weight excluding hydrogens is 450 g/mol. The van der Waals surface area contributed by atoms with E-state index in [-0.39, 0.29) is 16.3 Å². The number of amides is 1. The highest BCUT2D eigenvalue weighted by molar-refractivity contribution is 7.98. The van der Waals surface area contributed by atoms with Gasteiger partial charge in [0.25, 0.3) is 15.7 Å². The van der Waals surface area contributed by atoms with Gasteiger partial charge in [-0.15, -0.1) is 11.8 Å². The van der Waals surface area contributed by atoms with Gasteiger partial charge >= 0.3 is 0 Å². The first kappa shape index (κ1) is 23.3. The van der Waals surface area contributed by atoms with Crippen molar-refractivity contribution >= 4 is 44.8 Å². The fourth-order valence-corrected chi connectivity index (χ4v) is 4.82. The third kappa shape index (κ3) is 5.45. The van der Waals surface area contributed by atoms with E-state index in [0.717, 1.165) is 20.8 Å². The third-order valence-electron chi connectivity index (χ3n) is 4.58. The highest BCUT2D eigenvalue weighted by Gasteiger charge is 2.28. The monoisotopic (exact) mass is 471 g/mol. The molecule has 0 atom stereocenters. The number of carbonyl (C=O) groups excluding carboxylic acids is 1. The number of thioether (sulfide) groups is 1. The highest BCUT2D eigenvalue weighted by atomic mass is 32.2. The van der Waals surface area contributed by atoms with Gasteiger partial charge in [-0.25, -0.2) is 8.42 Å². The lowest BCUT2D eigenvalue weighted by Gasteiger charge is -2.24. The van der Waals surface area contributed by atoms with Crippen LogP contribution < -0.4 is 9.62 Å². The van der Waals surface area contributed by atoms with E-state index in [9.17, 15) is 23.3 Å². The zero-order valence-corrected chi connectivity index (χ0v) is 19.0. The van der Waals surface area contributed by atoms with Gasteiger partial charge in [0.2, 0.25) is 5.91 Å². The van der Waals surface area contributed by atoms with E-state index in [1.54, 1.807) is 30.3 Å². The molecule has 0 aromatic heterocycles. The highest BCUT2D eigenvalue weighted by Crippen LogP contribution is 2.27. The van der Waals surface area contributed by atoms with Crippen LogP contribution in [0.25, 0.3) is 0 Å². The first-order valence-electron chi connectivity index (χ1n) is 9.48. The summed E-state index contributed by atoms with van der Waals surface area (Å²) in [6.07, 6.45) is 1.90. The lowest BCUT2D eigenvalue weighted by molar-refractivity contribution is -0.384. The molecule has 0 saturated heterocycles. The van der Waals surface area contributed by atoms with Gasteiger partial charge in [0, 0.05) is 22.7 Å². The van der Waals surface area contributed by atoms with Gasteiger partial charge in [-0.1, -0.05) is 29.8 Å². The Kier molecular flexibility index (Phi) is 7.16. The summed E-state index contributed by atoms with van der Waals surface area (Å²) < 4.78 is 27.6. The van der Waals surface area contributed by atoms with Gasteiger partial charge in [-0.05, 0) is 49.6 Å². The van der Waals surface area contributed by atoms with Crippen LogP contribution in [0, 0.1) is 17.0 Å². The molecule has 10 heteroatoms. The zero-order valence-electron chi connectivity index (χ0n) is 17.4. The van der Waals surface area contributed by atoms with Crippen molar-refractivity contribution in [3.63, 3.8) is 0 Å². The summed E-state index contributed by atoms with van der Waals surface area (Å²) in [5.74, 6) is -0.578. The molecule has 32 heavy (non-hydrogen) atoms. The van der Waals surface area contributed by atoms with E-state index >= 15 is 0 Å². The van der Waals surface area contributed by atoms with Crippen LogP contribution in [0.2, 0.25) is 0 Å². The Morgan fingerprint density at radius 2 is 1.75 bits per heavy atom. The van der Waals surface area contributed by atoms with Crippen molar-refractivity contribution in [2.45, 2.75) is 16.7 Å². The maximum Gasteiger partial charge on any atom is 0.271 e. The van der Waals surface area contributed by atoms with Gasteiger partial charge in [0.1, 0.15) is 6.54 Å². The lowest BCUT2D eigenvalue weighted by Crippen LogP contribution is -2.38. The first-order valence-corrected chi connectivity index (χ1v) is 12.1. The Hall–Kier alpha value is -3.37. The SMILES string of the molecule is CSc1cccc(NC(=O)CN(c2cccc([N+](=O)[O-])c2)S(=O)(=O)c2ccc(C)cc2)c1. The molecule has 0 spiro atoms. The topological polar surface area (TPSA) is 110 Å². The van der Waals surface area contributed by atoms with Crippen LogP contribution >= 0.6 is 11.8 Å². The minimum Gasteiger partial charge on any atom is -0.324 e. The second kappa shape index (κ2) is 9.84. The fourth-order valence-electron chi connectivity index (χ4n) is 2.95. The number of nitro benzene ring substituents is 1. The number of anilines is 2. The predicted molar refractivity (Wildman–Crippen MR) is 126 cm³/mol. The van der Waals surface area contributed by atoms with Crippen LogP contribution in [0.5, 0.6) is 0 Å². The van der Waals surface area contributed by atoms with Crippen molar-refractivity contribution in [2.75, 3.05) is 22.4 Å². The van der Waals surface area contributed by atoms with Crippen LogP contribution in [0.4, 0.5) is 17.1 Å². The molecule has 166 valence electrons. The molecule has 0 aliphatic rings. The average Bonchev–Trinajstić information content (AvgIpc) is 2.78. The Morgan fingerprint density at radius 1 is 1.06 bits per heavy atom. The summed E-state index contributed by atoms with van der Waals surface area (Å²) >= 11 is 1.51. The maximum absolute atomic E-state index is 13.4. The number of hydrogen-bond acceptors (Lipinski definition) is 6. The standard InChI is InChI=1S/C22H21N3O5S2/c1-16-9-11-21(12-10-16)32(29,30)24(18-6-4-7-19(14-18)25(27)28)15-22(26)23-17-5-3-8-20(13-17)31-2/h3-14H,15H2,1-2H3,(H,23,26). The molecule has 0 heterocycles. The van der Waals surface area contributed by atoms with Crippen molar-refractivity contribution in [1.29, 1.82) is 0 Å². The molecule has 0 bridgehead atoms. The molecular formula is C22H21N3O5S2. The number of rotatable bonds is 8. The van der Waals surface area contributed by atoms with Crippen molar-refractivity contribution < 1.29 is 18.1 Å². The molecule has 3 aromatic carbocycles. The summed E-state index contributed by atoms with van der Waals surface area (Å²) in [5.41, 5.74) is 1.14. The molecule has 0 saturated carbocycles. The Bertz CT molecular complexity index is 1240. The summed E-state index contributed by atoms with van der Waals surface area (Å²) in [6, 6.07) is 18.5. The van der Waals surface area contributed by atoms with E-state index in [4.69, 9.17) is 0 Å². The Morgan fingerprint density at radius 3 is 2.41 bits per heavy atom. The number of benzene rings is 3. The quantitative estimate of drug-likeness (QED) is 0.295. The first-order chi connectivity index (χ1) is 15.2. The summed E-state index contributed by atoms with van der Waals surface area (Å²) in [7, 11) is -4.17. The van der Waals surface area contributed by atoms with Crippen LogP contribution in [-0.2, 0) is 14.8 Å². The molecule has 0 unspecified atom stereocenters. The van der Waals surface area contributed by atoms with Crippen molar-refractivity contribution in [3.05, 3.63) is 88.5 Å². The number of non-ortho nitro benzene ring substituents is 1. The summed E-state index contributed by atoms with van der Waals surface area (Å²) in [5, 5.41) is 13.9. The van der Waals surface area contributed by atoms with Crippen molar-refractivity contribution in [3.8, 4) is 0 Å². The molecule has 0 fully saturated rings. The van der Waals surface area contributed by atoms with E-state index < -0.39 is 27.4 Å². The minimum atomic E-state index is -4.17. The molecule has 0 radical (unpaired) electrons. The molecule has 0 aliphatic carbocycles. The van der Waals surface area contributed by atoms with E-state index in [0.29, 0.717) is 5.69 Å². The number of hydrogen-bond donors (Lipinski definition) is 1. The van der Waals surface area contributed by atoms with Gasteiger partial charge in [0.15, 0.2) is 0 Å². The number of nitro groups is 1. The Labute approximate surface area is 190 Å². The summed E-state index contributed by atoms with van der Waals surface area (Å²) in [6.45, 7) is 1.27. The minimum absolute atomic E-state index is 0.0211. The zero-order chi connectivity index (χ0) is 23.3. The van der Waals surface area contributed by atoms with Gasteiger partial charge in [0.05, 0.1) is 15.5 Å².